The van der Waals surface area contributed by atoms with Crippen LogP contribution >= 0.6 is 11.3 Å². The van der Waals surface area contributed by atoms with Crippen molar-refractivity contribution < 1.29 is 0 Å². The predicted octanol–water partition coefficient (Wildman–Crippen LogP) is 3.18. The summed E-state index contributed by atoms with van der Waals surface area (Å²) in [5.74, 6) is 0. The lowest BCUT2D eigenvalue weighted by atomic mass is 10.1. The maximum atomic E-state index is 4.57. The molecule has 0 bridgehead atoms. The van der Waals surface area contributed by atoms with Crippen molar-refractivity contribution in [1.29, 1.82) is 0 Å². The Labute approximate surface area is 94.3 Å². The van der Waals surface area contributed by atoms with Crippen molar-refractivity contribution in [1.82, 2.24) is 10.3 Å². The van der Waals surface area contributed by atoms with Gasteiger partial charge < -0.3 is 5.32 Å². The van der Waals surface area contributed by atoms with Crippen molar-refractivity contribution in [2.75, 3.05) is 0 Å². The van der Waals surface area contributed by atoms with Crippen LogP contribution in [0.15, 0.2) is 24.3 Å². The second-order valence-electron chi connectivity index (χ2n) is 4.68. The summed E-state index contributed by atoms with van der Waals surface area (Å²) < 4.78 is 1.27. The maximum Gasteiger partial charge on any atom is 0.108 e. The SMILES string of the molecule is CC(C)(C)NCc1nc2ccccc2s1. The average molecular weight is 220 g/mol. The first-order valence-electron chi connectivity index (χ1n) is 5.14. The van der Waals surface area contributed by atoms with Crippen LogP contribution in [0.4, 0.5) is 0 Å². The van der Waals surface area contributed by atoms with Crippen LogP contribution in [0.5, 0.6) is 0 Å². The largest absolute Gasteiger partial charge is 0.306 e. The number of hydrogen-bond donors (Lipinski definition) is 1. The van der Waals surface area contributed by atoms with Gasteiger partial charge in [-0.05, 0) is 32.9 Å². The zero-order chi connectivity index (χ0) is 10.9. The maximum absolute atomic E-state index is 4.57. The molecular weight excluding hydrogens is 204 g/mol. The summed E-state index contributed by atoms with van der Waals surface area (Å²) in [4.78, 5) is 4.57. The minimum atomic E-state index is 0.151. The van der Waals surface area contributed by atoms with Crippen LogP contribution in [-0.2, 0) is 6.54 Å². The molecule has 0 amide bonds. The monoisotopic (exact) mass is 220 g/mol. The molecular formula is C12H16N2S. The van der Waals surface area contributed by atoms with Gasteiger partial charge in [0, 0.05) is 12.1 Å². The van der Waals surface area contributed by atoms with Crippen LogP contribution in [0.25, 0.3) is 10.2 Å². The number of hydrogen-bond acceptors (Lipinski definition) is 3. The molecule has 1 N–H and O–H groups in total. The van der Waals surface area contributed by atoms with Crippen molar-refractivity contribution in [3.63, 3.8) is 0 Å². The standard InChI is InChI=1S/C12H16N2S/c1-12(2,3)13-8-11-14-9-6-4-5-7-10(9)15-11/h4-7,13H,8H2,1-3H3. The van der Waals surface area contributed by atoms with Crippen LogP contribution < -0.4 is 5.32 Å². The average Bonchev–Trinajstić information content (AvgIpc) is 2.56. The molecule has 1 aromatic carbocycles. The van der Waals surface area contributed by atoms with Crippen LogP contribution in [0, 0.1) is 0 Å². The highest BCUT2D eigenvalue weighted by molar-refractivity contribution is 7.18. The molecule has 0 aliphatic heterocycles. The Morgan fingerprint density at radius 2 is 2.00 bits per heavy atom. The number of rotatable bonds is 2. The summed E-state index contributed by atoms with van der Waals surface area (Å²) in [7, 11) is 0. The normalized spacial score (nSPS) is 12.2. The molecule has 0 aliphatic rings. The summed E-state index contributed by atoms with van der Waals surface area (Å²) in [5.41, 5.74) is 1.26. The number of nitrogens with one attached hydrogen (secondary N) is 1. The molecule has 0 saturated heterocycles. The number of fused-ring (bicyclic) bond motifs is 1. The molecule has 0 fully saturated rings. The Balaban J connectivity index is 2.16. The number of benzene rings is 1. The topological polar surface area (TPSA) is 24.9 Å². The van der Waals surface area contributed by atoms with E-state index in [0.717, 1.165) is 17.1 Å². The highest BCUT2D eigenvalue weighted by atomic mass is 32.1. The van der Waals surface area contributed by atoms with Crippen LogP contribution in [-0.4, -0.2) is 10.5 Å². The van der Waals surface area contributed by atoms with Gasteiger partial charge in [0.1, 0.15) is 5.01 Å². The zero-order valence-electron chi connectivity index (χ0n) is 9.37. The van der Waals surface area contributed by atoms with Crippen LogP contribution in [0.3, 0.4) is 0 Å². The zero-order valence-corrected chi connectivity index (χ0v) is 10.2. The van der Waals surface area contributed by atoms with Crippen molar-refractivity contribution in [3.8, 4) is 0 Å². The molecule has 2 nitrogen and oxygen atoms in total. The van der Waals surface area contributed by atoms with E-state index in [1.807, 2.05) is 6.07 Å². The van der Waals surface area contributed by atoms with E-state index in [4.69, 9.17) is 0 Å². The Kier molecular flexibility index (Phi) is 2.76. The lowest BCUT2D eigenvalue weighted by molar-refractivity contribution is 0.424. The Morgan fingerprint density at radius 1 is 1.27 bits per heavy atom. The quantitative estimate of drug-likeness (QED) is 0.840. The summed E-state index contributed by atoms with van der Waals surface area (Å²) in [6, 6.07) is 8.27. The lowest BCUT2D eigenvalue weighted by Gasteiger charge is -2.19. The molecule has 0 radical (unpaired) electrons. The Morgan fingerprint density at radius 3 is 2.67 bits per heavy atom. The first kappa shape index (κ1) is 10.6. The Hall–Kier alpha value is -0.930. The molecule has 0 unspecified atom stereocenters. The fourth-order valence-electron chi connectivity index (χ4n) is 1.34. The molecule has 0 saturated carbocycles. The molecule has 2 rings (SSSR count). The number of para-hydroxylation sites is 1. The minimum Gasteiger partial charge on any atom is -0.306 e. The molecule has 15 heavy (non-hydrogen) atoms. The summed E-state index contributed by atoms with van der Waals surface area (Å²) in [6.07, 6.45) is 0. The van der Waals surface area contributed by atoms with Gasteiger partial charge in [-0.3, -0.25) is 0 Å². The summed E-state index contributed by atoms with van der Waals surface area (Å²) >= 11 is 1.76. The van der Waals surface area contributed by atoms with E-state index in [-0.39, 0.29) is 5.54 Å². The van der Waals surface area contributed by atoms with Crippen molar-refractivity contribution in [3.05, 3.63) is 29.3 Å². The van der Waals surface area contributed by atoms with Gasteiger partial charge in [-0.15, -0.1) is 11.3 Å². The fraction of sp³-hybridized carbons (Fsp3) is 0.417. The second kappa shape index (κ2) is 3.91. The van der Waals surface area contributed by atoms with Gasteiger partial charge in [0.05, 0.1) is 10.2 Å². The van der Waals surface area contributed by atoms with Gasteiger partial charge in [-0.1, -0.05) is 12.1 Å². The molecule has 3 heteroatoms. The van der Waals surface area contributed by atoms with E-state index in [9.17, 15) is 0 Å². The molecule has 2 aromatic rings. The third-order valence-corrected chi connectivity index (χ3v) is 3.14. The minimum absolute atomic E-state index is 0.151. The van der Waals surface area contributed by atoms with E-state index in [0.29, 0.717) is 0 Å². The van der Waals surface area contributed by atoms with Crippen molar-refractivity contribution in [2.45, 2.75) is 32.9 Å². The third-order valence-electron chi connectivity index (χ3n) is 2.11. The molecule has 0 atom stereocenters. The van der Waals surface area contributed by atoms with E-state index in [1.165, 1.54) is 4.70 Å². The van der Waals surface area contributed by atoms with Gasteiger partial charge in [0.15, 0.2) is 0 Å². The molecule has 0 spiro atoms. The van der Waals surface area contributed by atoms with Gasteiger partial charge in [-0.25, -0.2) is 4.98 Å². The third kappa shape index (κ3) is 2.76. The van der Waals surface area contributed by atoms with Crippen molar-refractivity contribution >= 4 is 21.6 Å². The molecule has 80 valence electrons. The van der Waals surface area contributed by atoms with E-state index >= 15 is 0 Å². The lowest BCUT2D eigenvalue weighted by Crippen LogP contribution is -2.34. The summed E-state index contributed by atoms with van der Waals surface area (Å²) in [5, 5.41) is 4.61. The Bertz CT molecular complexity index is 421. The van der Waals surface area contributed by atoms with Gasteiger partial charge in [-0.2, -0.15) is 0 Å². The highest BCUT2D eigenvalue weighted by Crippen LogP contribution is 2.21. The smallest absolute Gasteiger partial charge is 0.108 e. The first-order chi connectivity index (χ1) is 7.04. The molecule has 1 heterocycles. The highest BCUT2D eigenvalue weighted by Gasteiger charge is 2.10. The molecule has 0 aliphatic carbocycles. The number of thiazole rings is 1. The second-order valence-corrected chi connectivity index (χ2v) is 5.79. The number of aromatic nitrogens is 1. The first-order valence-corrected chi connectivity index (χ1v) is 5.96. The van der Waals surface area contributed by atoms with Gasteiger partial charge in [0.2, 0.25) is 0 Å². The van der Waals surface area contributed by atoms with Crippen LogP contribution in [0.1, 0.15) is 25.8 Å². The van der Waals surface area contributed by atoms with E-state index in [2.05, 4.69) is 49.3 Å². The van der Waals surface area contributed by atoms with Crippen LogP contribution in [0.2, 0.25) is 0 Å². The van der Waals surface area contributed by atoms with Crippen molar-refractivity contribution in [2.24, 2.45) is 0 Å². The number of nitrogens with zero attached hydrogens (tertiary/aromatic N) is 1. The summed E-state index contributed by atoms with van der Waals surface area (Å²) in [6.45, 7) is 7.35. The fourth-order valence-corrected chi connectivity index (χ4v) is 2.24. The molecule has 1 aromatic heterocycles. The van der Waals surface area contributed by atoms with Gasteiger partial charge >= 0.3 is 0 Å². The predicted molar refractivity (Wildman–Crippen MR) is 66.2 cm³/mol. The van der Waals surface area contributed by atoms with E-state index in [1.54, 1.807) is 11.3 Å². The van der Waals surface area contributed by atoms with E-state index < -0.39 is 0 Å². The van der Waals surface area contributed by atoms with Gasteiger partial charge in [0.25, 0.3) is 0 Å².